The molecule has 1 aromatic carbocycles. The van der Waals surface area contributed by atoms with Gasteiger partial charge < -0.3 is 0 Å². The van der Waals surface area contributed by atoms with E-state index >= 15 is 0 Å². The van der Waals surface area contributed by atoms with Crippen LogP contribution in [0.5, 0.6) is 0 Å². The third-order valence-electron chi connectivity index (χ3n) is 2.29. The molecule has 1 rings (SSSR count). The molecular formula is C13H19NO2S. The molecule has 0 unspecified atom stereocenters. The summed E-state index contributed by atoms with van der Waals surface area (Å²) in [7, 11) is -1.23. The van der Waals surface area contributed by atoms with Crippen LogP contribution in [-0.2, 0) is 11.0 Å². The quantitative estimate of drug-likeness (QED) is 0.837. The molecule has 0 aliphatic carbocycles. The minimum absolute atomic E-state index is 0.0387. The monoisotopic (exact) mass is 253 g/mol. The van der Waals surface area contributed by atoms with Gasteiger partial charge in [0.05, 0.1) is 21.8 Å². The highest BCUT2D eigenvalue weighted by molar-refractivity contribution is 7.84. The number of hydrogen-bond acceptors (Lipinski definition) is 2. The third kappa shape index (κ3) is 4.06. The van der Waals surface area contributed by atoms with Crippen molar-refractivity contribution in [1.29, 1.82) is 0 Å². The van der Waals surface area contributed by atoms with Gasteiger partial charge in [-0.3, -0.25) is 4.79 Å². The molecule has 0 aromatic heterocycles. The molecule has 0 fully saturated rings. The van der Waals surface area contributed by atoms with E-state index in [1.54, 1.807) is 19.1 Å². The van der Waals surface area contributed by atoms with Crippen LogP contribution >= 0.6 is 0 Å². The smallest absolute Gasteiger partial charge is 0.180 e. The number of Topliss-reactive ketones (excluding diaryl/α,β-unsaturated/α-hetero) is 1. The highest BCUT2D eigenvalue weighted by Gasteiger charge is 2.24. The first kappa shape index (κ1) is 14.1. The number of ketones is 1. The first-order chi connectivity index (χ1) is 7.82. The number of rotatable bonds is 4. The Labute approximate surface area is 105 Å². The number of carbonyl (C=O) groups excluding carboxylic acids is 1. The maximum atomic E-state index is 12.0. The molecular weight excluding hydrogens is 234 g/mol. The lowest BCUT2D eigenvalue weighted by atomic mass is 10.1. The molecule has 0 aliphatic heterocycles. The van der Waals surface area contributed by atoms with Crippen molar-refractivity contribution in [2.75, 3.05) is 0 Å². The van der Waals surface area contributed by atoms with Gasteiger partial charge >= 0.3 is 0 Å². The van der Waals surface area contributed by atoms with Crippen LogP contribution in [0.15, 0.2) is 30.3 Å². The van der Waals surface area contributed by atoms with Crippen molar-refractivity contribution in [1.82, 2.24) is 4.72 Å². The normalized spacial score (nSPS) is 15.3. The van der Waals surface area contributed by atoms with Crippen molar-refractivity contribution in [3.05, 3.63) is 35.9 Å². The van der Waals surface area contributed by atoms with Gasteiger partial charge in [-0.15, -0.1) is 0 Å². The maximum Gasteiger partial charge on any atom is 0.180 e. The Bertz CT molecular complexity index is 409. The first-order valence-electron chi connectivity index (χ1n) is 5.59. The molecule has 0 amide bonds. The lowest BCUT2D eigenvalue weighted by Gasteiger charge is -2.21. The van der Waals surface area contributed by atoms with Crippen LogP contribution in [0.2, 0.25) is 0 Å². The molecule has 0 saturated heterocycles. The minimum Gasteiger partial charge on any atom is -0.292 e. The lowest BCUT2D eigenvalue weighted by Crippen LogP contribution is -2.42. The van der Waals surface area contributed by atoms with E-state index in [1.165, 1.54) is 0 Å². The van der Waals surface area contributed by atoms with Gasteiger partial charge in [-0.05, 0) is 27.7 Å². The van der Waals surface area contributed by atoms with Crippen molar-refractivity contribution in [2.24, 2.45) is 0 Å². The van der Waals surface area contributed by atoms with E-state index in [-0.39, 0.29) is 10.5 Å². The van der Waals surface area contributed by atoms with Crippen molar-refractivity contribution in [3.63, 3.8) is 0 Å². The lowest BCUT2D eigenvalue weighted by molar-refractivity contribution is 0.0961. The predicted octanol–water partition coefficient (Wildman–Crippen LogP) is 2.31. The molecule has 0 heterocycles. The second-order valence-electron chi connectivity index (χ2n) is 4.95. The topological polar surface area (TPSA) is 46.2 Å². The number of carbonyl (C=O) groups is 1. The van der Waals surface area contributed by atoms with Gasteiger partial charge in [-0.2, -0.15) is 0 Å². The Morgan fingerprint density at radius 3 is 2.24 bits per heavy atom. The number of nitrogens with one attached hydrogen (secondary N) is 1. The number of benzene rings is 1. The summed E-state index contributed by atoms with van der Waals surface area (Å²) in [6.45, 7) is 7.35. The molecule has 3 nitrogen and oxygen atoms in total. The highest BCUT2D eigenvalue weighted by atomic mass is 32.2. The zero-order chi connectivity index (χ0) is 13.1. The second-order valence-corrected chi connectivity index (χ2v) is 6.95. The summed E-state index contributed by atoms with van der Waals surface area (Å²) in [6.07, 6.45) is 0. The van der Waals surface area contributed by atoms with E-state index in [9.17, 15) is 9.00 Å². The Balaban J connectivity index is 2.69. The standard InChI is InChI=1S/C13H19NO2S/c1-10(14-17(16)13(2,3)4)12(15)11-8-6-5-7-9-11/h5-10,14H,1-4H3/t10-,17+/m0/s1. The largest absolute Gasteiger partial charge is 0.292 e. The van der Waals surface area contributed by atoms with Gasteiger partial charge in [0.1, 0.15) is 0 Å². The van der Waals surface area contributed by atoms with Crippen molar-refractivity contribution in [2.45, 2.75) is 38.5 Å². The minimum atomic E-state index is -1.23. The first-order valence-corrected chi connectivity index (χ1v) is 6.74. The van der Waals surface area contributed by atoms with Gasteiger partial charge in [0.25, 0.3) is 0 Å². The zero-order valence-corrected chi connectivity index (χ0v) is 11.5. The van der Waals surface area contributed by atoms with Crippen molar-refractivity contribution >= 4 is 16.8 Å². The van der Waals surface area contributed by atoms with Crippen molar-refractivity contribution < 1.29 is 9.00 Å². The molecule has 1 aromatic rings. The van der Waals surface area contributed by atoms with Gasteiger partial charge in [0.2, 0.25) is 0 Å². The van der Waals surface area contributed by atoms with Crippen molar-refractivity contribution in [3.8, 4) is 0 Å². The van der Waals surface area contributed by atoms with Gasteiger partial charge in [-0.25, -0.2) is 8.93 Å². The molecule has 1 N–H and O–H groups in total. The summed E-state index contributed by atoms with van der Waals surface area (Å²) >= 11 is 0. The average molecular weight is 253 g/mol. The van der Waals surface area contributed by atoms with E-state index in [0.717, 1.165) is 0 Å². The van der Waals surface area contributed by atoms with Crippen LogP contribution < -0.4 is 4.72 Å². The molecule has 0 aliphatic rings. The SMILES string of the molecule is C[C@H](N[S@](=O)C(C)(C)C)C(=O)c1ccccc1. The predicted molar refractivity (Wildman–Crippen MR) is 71.3 cm³/mol. The molecule has 94 valence electrons. The summed E-state index contributed by atoms with van der Waals surface area (Å²) in [6, 6.07) is 8.59. The van der Waals surface area contributed by atoms with Gasteiger partial charge in [-0.1, -0.05) is 30.3 Å². The van der Waals surface area contributed by atoms with Crippen LogP contribution in [0.3, 0.4) is 0 Å². The Kier molecular flexibility index (Phi) is 4.60. The van der Waals surface area contributed by atoms with E-state index in [4.69, 9.17) is 0 Å². The van der Waals surface area contributed by atoms with E-state index in [2.05, 4.69) is 4.72 Å². The molecule has 0 spiro atoms. The number of hydrogen-bond donors (Lipinski definition) is 1. The third-order valence-corrected chi connectivity index (χ3v) is 3.97. The maximum absolute atomic E-state index is 12.0. The van der Waals surface area contributed by atoms with Crippen LogP contribution in [-0.4, -0.2) is 20.8 Å². The molecule has 2 atom stereocenters. The Morgan fingerprint density at radius 1 is 1.24 bits per heavy atom. The average Bonchev–Trinajstić information content (AvgIpc) is 2.27. The molecule has 0 bridgehead atoms. The highest BCUT2D eigenvalue weighted by Crippen LogP contribution is 2.11. The Hall–Kier alpha value is -1.00. The fourth-order valence-corrected chi connectivity index (χ4v) is 2.02. The fourth-order valence-electron chi connectivity index (χ4n) is 1.24. The Morgan fingerprint density at radius 2 is 1.76 bits per heavy atom. The van der Waals surface area contributed by atoms with Gasteiger partial charge in [0.15, 0.2) is 5.78 Å². The summed E-state index contributed by atoms with van der Waals surface area (Å²) in [5, 5.41) is 0. The molecule has 0 radical (unpaired) electrons. The second kappa shape index (κ2) is 5.56. The van der Waals surface area contributed by atoms with Crippen LogP contribution in [0, 0.1) is 0 Å². The van der Waals surface area contributed by atoms with Crippen LogP contribution in [0.4, 0.5) is 0 Å². The van der Waals surface area contributed by atoms with Gasteiger partial charge in [0, 0.05) is 5.56 Å². The van der Waals surface area contributed by atoms with Crippen LogP contribution in [0.1, 0.15) is 38.1 Å². The summed E-state index contributed by atoms with van der Waals surface area (Å²) < 4.78 is 14.3. The fraction of sp³-hybridized carbons (Fsp3) is 0.462. The molecule has 0 saturated carbocycles. The zero-order valence-electron chi connectivity index (χ0n) is 10.7. The molecule has 17 heavy (non-hydrogen) atoms. The summed E-state index contributed by atoms with van der Waals surface area (Å²) in [5.41, 5.74) is 0.637. The van der Waals surface area contributed by atoms with E-state index < -0.39 is 17.0 Å². The summed E-state index contributed by atoms with van der Waals surface area (Å²) in [4.78, 5) is 12.0. The molecule has 4 heteroatoms. The van der Waals surface area contributed by atoms with Crippen LogP contribution in [0.25, 0.3) is 0 Å². The summed E-state index contributed by atoms with van der Waals surface area (Å²) in [5.74, 6) is -0.0387. The van der Waals surface area contributed by atoms with E-state index in [1.807, 2.05) is 39.0 Å². The van der Waals surface area contributed by atoms with E-state index in [0.29, 0.717) is 5.56 Å².